The zero-order valence-corrected chi connectivity index (χ0v) is 11.2. The van der Waals surface area contributed by atoms with Gasteiger partial charge in [0.15, 0.2) is 0 Å². The molecule has 0 atom stereocenters. The van der Waals surface area contributed by atoms with Gasteiger partial charge in [0.25, 0.3) is 11.8 Å². The molecule has 0 bridgehead atoms. The SMILES string of the molecule is C=C(CN1C(=O)c2ccccc2C1=O)c1cccc(O)c1. The summed E-state index contributed by atoms with van der Waals surface area (Å²) in [5.74, 6) is -0.496. The second-order valence-corrected chi connectivity index (χ2v) is 4.90. The minimum Gasteiger partial charge on any atom is -0.508 e. The minimum absolute atomic E-state index is 0.107. The van der Waals surface area contributed by atoms with Gasteiger partial charge in [0, 0.05) is 0 Å². The lowest BCUT2D eigenvalue weighted by Crippen LogP contribution is -2.31. The van der Waals surface area contributed by atoms with Crippen LogP contribution >= 0.6 is 0 Å². The second kappa shape index (κ2) is 4.90. The molecular formula is C17H13NO3. The maximum Gasteiger partial charge on any atom is 0.261 e. The van der Waals surface area contributed by atoms with Gasteiger partial charge in [-0.05, 0) is 35.4 Å². The predicted molar refractivity (Wildman–Crippen MR) is 78.9 cm³/mol. The first-order valence-corrected chi connectivity index (χ1v) is 6.50. The van der Waals surface area contributed by atoms with E-state index in [9.17, 15) is 14.7 Å². The Morgan fingerprint density at radius 1 is 1.00 bits per heavy atom. The van der Waals surface area contributed by atoms with Gasteiger partial charge in [-0.15, -0.1) is 0 Å². The molecule has 1 aliphatic rings. The van der Waals surface area contributed by atoms with E-state index in [1.807, 2.05) is 0 Å². The van der Waals surface area contributed by atoms with Crippen LogP contribution in [0.25, 0.3) is 5.57 Å². The number of amides is 2. The average molecular weight is 279 g/mol. The number of phenols is 1. The summed E-state index contributed by atoms with van der Waals surface area (Å²) in [6.45, 7) is 4.01. The lowest BCUT2D eigenvalue weighted by molar-refractivity contribution is 0.0675. The fourth-order valence-corrected chi connectivity index (χ4v) is 2.39. The van der Waals surface area contributed by atoms with Crippen molar-refractivity contribution in [3.63, 3.8) is 0 Å². The van der Waals surface area contributed by atoms with Gasteiger partial charge in [-0.25, -0.2) is 0 Å². The monoisotopic (exact) mass is 279 g/mol. The molecule has 2 aromatic rings. The summed E-state index contributed by atoms with van der Waals surface area (Å²) in [5, 5.41) is 9.48. The maximum atomic E-state index is 12.3. The van der Waals surface area contributed by atoms with Crippen molar-refractivity contribution in [2.45, 2.75) is 0 Å². The molecule has 4 heteroatoms. The lowest BCUT2D eigenvalue weighted by atomic mass is 10.1. The zero-order chi connectivity index (χ0) is 15.0. The fourth-order valence-electron chi connectivity index (χ4n) is 2.39. The Morgan fingerprint density at radius 3 is 2.19 bits per heavy atom. The molecule has 0 radical (unpaired) electrons. The molecule has 2 amide bonds. The Bertz CT molecular complexity index is 729. The summed E-state index contributed by atoms with van der Waals surface area (Å²) >= 11 is 0. The third-order valence-electron chi connectivity index (χ3n) is 3.48. The Labute approximate surface area is 121 Å². The lowest BCUT2D eigenvalue weighted by Gasteiger charge is -2.15. The van der Waals surface area contributed by atoms with E-state index in [1.54, 1.807) is 48.5 Å². The van der Waals surface area contributed by atoms with E-state index in [4.69, 9.17) is 0 Å². The van der Waals surface area contributed by atoms with Crippen LogP contribution in [0.3, 0.4) is 0 Å². The van der Waals surface area contributed by atoms with E-state index in [1.165, 1.54) is 4.90 Å². The molecule has 21 heavy (non-hydrogen) atoms. The summed E-state index contributed by atoms with van der Waals surface area (Å²) in [6.07, 6.45) is 0. The van der Waals surface area contributed by atoms with Crippen molar-refractivity contribution in [2.24, 2.45) is 0 Å². The Hall–Kier alpha value is -2.88. The van der Waals surface area contributed by atoms with E-state index in [0.717, 1.165) is 0 Å². The molecule has 1 aliphatic heterocycles. The van der Waals surface area contributed by atoms with Crippen LogP contribution in [0, 0.1) is 0 Å². The standard InChI is InChI=1S/C17H13NO3/c1-11(12-5-4-6-13(19)9-12)10-18-16(20)14-7-2-3-8-15(14)17(18)21/h2-9,19H,1,10H2. The molecule has 1 N–H and O–H groups in total. The predicted octanol–water partition coefficient (Wildman–Crippen LogP) is 2.70. The Morgan fingerprint density at radius 2 is 1.62 bits per heavy atom. The van der Waals surface area contributed by atoms with Crippen LogP contribution in [0.4, 0.5) is 0 Å². The van der Waals surface area contributed by atoms with Crippen molar-refractivity contribution in [3.8, 4) is 5.75 Å². The van der Waals surface area contributed by atoms with Gasteiger partial charge in [-0.2, -0.15) is 0 Å². The van der Waals surface area contributed by atoms with Crippen LogP contribution in [-0.4, -0.2) is 28.4 Å². The highest BCUT2D eigenvalue weighted by Crippen LogP contribution is 2.26. The summed E-state index contributed by atoms with van der Waals surface area (Å²) in [6, 6.07) is 13.3. The first kappa shape index (κ1) is 13.1. The van der Waals surface area contributed by atoms with E-state index < -0.39 is 0 Å². The molecule has 104 valence electrons. The number of hydrogen-bond donors (Lipinski definition) is 1. The van der Waals surface area contributed by atoms with Gasteiger partial charge < -0.3 is 5.11 Å². The van der Waals surface area contributed by atoms with Crippen molar-refractivity contribution >= 4 is 17.4 Å². The third-order valence-corrected chi connectivity index (χ3v) is 3.48. The van der Waals surface area contributed by atoms with Gasteiger partial charge in [0.2, 0.25) is 0 Å². The maximum absolute atomic E-state index is 12.3. The first-order chi connectivity index (χ1) is 10.1. The first-order valence-electron chi connectivity index (χ1n) is 6.50. The van der Waals surface area contributed by atoms with Crippen molar-refractivity contribution in [1.29, 1.82) is 0 Å². The fraction of sp³-hybridized carbons (Fsp3) is 0.0588. The summed E-state index contributed by atoms with van der Waals surface area (Å²) in [5.41, 5.74) is 2.14. The van der Waals surface area contributed by atoms with Crippen LogP contribution in [0.5, 0.6) is 5.75 Å². The molecule has 4 nitrogen and oxygen atoms in total. The number of benzene rings is 2. The molecule has 0 aromatic heterocycles. The number of phenolic OH excluding ortho intramolecular Hbond substituents is 1. The largest absolute Gasteiger partial charge is 0.508 e. The number of carbonyl (C=O) groups excluding carboxylic acids is 2. The average Bonchev–Trinajstić information content (AvgIpc) is 2.73. The molecule has 0 saturated heterocycles. The topological polar surface area (TPSA) is 57.6 Å². The molecule has 0 saturated carbocycles. The number of rotatable bonds is 3. The highest BCUT2D eigenvalue weighted by atomic mass is 16.3. The molecule has 0 fully saturated rings. The molecule has 0 spiro atoms. The smallest absolute Gasteiger partial charge is 0.261 e. The summed E-state index contributed by atoms with van der Waals surface area (Å²) < 4.78 is 0. The molecule has 2 aromatic carbocycles. The molecular weight excluding hydrogens is 266 g/mol. The van der Waals surface area contributed by atoms with E-state index in [2.05, 4.69) is 6.58 Å². The van der Waals surface area contributed by atoms with Crippen LogP contribution in [0.1, 0.15) is 26.3 Å². The number of nitrogens with zero attached hydrogens (tertiary/aromatic N) is 1. The van der Waals surface area contributed by atoms with E-state index in [0.29, 0.717) is 22.3 Å². The van der Waals surface area contributed by atoms with Crippen molar-refractivity contribution < 1.29 is 14.7 Å². The Balaban J connectivity index is 1.85. The zero-order valence-electron chi connectivity index (χ0n) is 11.2. The van der Waals surface area contributed by atoms with Crippen LogP contribution in [0.15, 0.2) is 55.1 Å². The summed E-state index contributed by atoms with van der Waals surface area (Å²) in [7, 11) is 0. The summed E-state index contributed by atoms with van der Waals surface area (Å²) in [4.78, 5) is 25.7. The van der Waals surface area contributed by atoms with Gasteiger partial charge in [-0.3, -0.25) is 14.5 Å². The number of aromatic hydroxyl groups is 1. The second-order valence-electron chi connectivity index (χ2n) is 4.90. The van der Waals surface area contributed by atoms with Gasteiger partial charge in [0.1, 0.15) is 5.75 Å². The van der Waals surface area contributed by atoms with Crippen molar-refractivity contribution in [1.82, 2.24) is 4.90 Å². The van der Waals surface area contributed by atoms with Gasteiger partial charge in [0.05, 0.1) is 17.7 Å². The quantitative estimate of drug-likeness (QED) is 0.879. The van der Waals surface area contributed by atoms with Crippen molar-refractivity contribution in [3.05, 3.63) is 71.8 Å². The van der Waals surface area contributed by atoms with Crippen LogP contribution in [0.2, 0.25) is 0 Å². The van der Waals surface area contributed by atoms with Crippen LogP contribution < -0.4 is 0 Å². The van der Waals surface area contributed by atoms with Gasteiger partial charge >= 0.3 is 0 Å². The Kier molecular flexibility index (Phi) is 3.06. The molecule has 0 aliphatic carbocycles. The highest BCUT2D eigenvalue weighted by Gasteiger charge is 2.35. The van der Waals surface area contributed by atoms with Crippen molar-refractivity contribution in [2.75, 3.05) is 6.54 Å². The number of imide groups is 1. The van der Waals surface area contributed by atoms with Crippen LogP contribution in [-0.2, 0) is 0 Å². The molecule has 1 heterocycles. The number of carbonyl (C=O) groups is 2. The third kappa shape index (κ3) is 2.21. The van der Waals surface area contributed by atoms with Gasteiger partial charge in [-0.1, -0.05) is 30.8 Å². The van der Waals surface area contributed by atoms with E-state index in [-0.39, 0.29) is 24.1 Å². The highest BCUT2D eigenvalue weighted by molar-refractivity contribution is 6.21. The molecule has 0 unspecified atom stereocenters. The molecule has 3 rings (SSSR count). The van der Waals surface area contributed by atoms with E-state index >= 15 is 0 Å². The normalized spacial score (nSPS) is 13.4. The number of fused-ring (bicyclic) bond motifs is 1. The number of hydrogen-bond acceptors (Lipinski definition) is 3. The minimum atomic E-state index is -0.308.